The zero-order chi connectivity index (χ0) is 25.4. The molecule has 0 bridgehead atoms. The minimum absolute atomic E-state index is 0.0505. The lowest BCUT2D eigenvalue weighted by molar-refractivity contribution is -0.133. The fourth-order valence-corrected chi connectivity index (χ4v) is 5.29. The van der Waals surface area contributed by atoms with E-state index in [2.05, 4.69) is 27.2 Å². The second-order valence-corrected chi connectivity index (χ2v) is 9.49. The number of benzene rings is 2. The van der Waals surface area contributed by atoms with Crippen molar-refractivity contribution >= 4 is 28.5 Å². The largest absolute Gasteiger partial charge is 0.368 e. The number of carbonyl (C=O) groups excluding carboxylic acids is 2. The molecule has 0 N–H and O–H groups in total. The second kappa shape index (κ2) is 9.68. The Hall–Kier alpha value is -4.21. The fraction of sp³-hybridized carbons (Fsp3) is 0.370. The highest BCUT2D eigenvalue weighted by Gasteiger charge is 2.33. The number of aryl methyl sites for hydroxylation is 1. The van der Waals surface area contributed by atoms with Crippen molar-refractivity contribution in [2.45, 2.75) is 33.0 Å². The zero-order valence-electron chi connectivity index (χ0n) is 21.0. The molecule has 1 saturated heterocycles. The molecule has 2 aliphatic rings. The summed E-state index contributed by atoms with van der Waals surface area (Å²) in [6.45, 7) is 6.59. The number of rotatable bonds is 5. The van der Waals surface area contributed by atoms with E-state index in [0.29, 0.717) is 44.8 Å². The van der Waals surface area contributed by atoms with E-state index in [9.17, 15) is 9.59 Å². The van der Waals surface area contributed by atoms with Gasteiger partial charge in [-0.05, 0) is 31.2 Å². The molecular weight excluding hydrogens is 468 g/mol. The summed E-state index contributed by atoms with van der Waals surface area (Å²) in [5, 5.41) is 13.6. The van der Waals surface area contributed by atoms with Crippen molar-refractivity contribution in [1.29, 1.82) is 0 Å². The number of hydrogen-bond donors (Lipinski definition) is 0. The van der Waals surface area contributed by atoms with Gasteiger partial charge in [0.15, 0.2) is 5.69 Å². The van der Waals surface area contributed by atoms with Crippen LogP contribution >= 0.6 is 0 Å². The van der Waals surface area contributed by atoms with Crippen molar-refractivity contribution in [2.24, 2.45) is 0 Å². The van der Waals surface area contributed by atoms with Gasteiger partial charge in [-0.1, -0.05) is 30.3 Å². The Morgan fingerprint density at radius 3 is 2.16 bits per heavy atom. The first kappa shape index (κ1) is 23.2. The zero-order valence-corrected chi connectivity index (χ0v) is 21.0. The SMILES string of the molecule is CCn1nc(C(=O)N2CCN(c3ccccc3)CC2)c2c1CCN(C(=O)Cn1nc3ccccc3n1)C2. The third-order valence-electron chi connectivity index (χ3n) is 7.28. The van der Waals surface area contributed by atoms with Gasteiger partial charge in [0, 0.05) is 69.2 Å². The normalized spacial score (nSPS) is 15.8. The topological polar surface area (TPSA) is 92.4 Å². The number of piperazine rings is 1. The first-order chi connectivity index (χ1) is 18.1. The minimum atomic E-state index is -0.0647. The third-order valence-corrected chi connectivity index (χ3v) is 7.28. The van der Waals surface area contributed by atoms with Crippen LogP contribution in [0.3, 0.4) is 0 Å². The summed E-state index contributed by atoms with van der Waals surface area (Å²) in [4.78, 5) is 34.2. The van der Waals surface area contributed by atoms with Gasteiger partial charge in [0.25, 0.3) is 5.91 Å². The van der Waals surface area contributed by atoms with Crippen LogP contribution in [0, 0.1) is 0 Å². The van der Waals surface area contributed by atoms with Crippen LogP contribution in [0.4, 0.5) is 5.69 Å². The molecule has 0 spiro atoms. The van der Waals surface area contributed by atoms with Crippen LogP contribution in [0.2, 0.25) is 0 Å². The molecule has 0 aliphatic carbocycles. The highest BCUT2D eigenvalue weighted by molar-refractivity contribution is 5.94. The molecule has 2 amide bonds. The number of carbonyl (C=O) groups is 2. The minimum Gasteiger partial charge on any atom is -0.368 e. The standard InChI is InChI=1S/C27H30N8O2/c1-2-34-24-12-13-33(25(36)19-35-28-22-10-6-7-11-23(22)29-35)18-21(24)26(30-34)27(37)32-16-14-31(15-17-32)20-8-4-3-5-9-20/h3-11H,2,12-19H2,1H3. The van der Waals surface area contributed by atoms with Gasteiger partial charge in [-0.15, -0.1) is 0 Å². The molecule has 1 fully saturated rings. The Morgan fingerprint density at radius 2 is 1.49 bits per heavy atom. The van der Waals surface area contributed by atoms with E-state index in [1.54, 1.807) is 4.90 Å². The van der Waals surface area contributed by atoms with Crippen LogP contribution in [-0.4, -0.2) is 79.1 Å². The maximum Gasteiger partial charge on any atom is 0.274 e. The van der Waals surface area contributed by atoms with E-state index in [0.717, 1.165) is 35.4 Å². The fourth-order valence-electron chi connectivity index (χ4n) is 5.29. The Bertz CT molecular complexity index is 1400. The molecule has 2 aromatic carbocycles. The number of hydrogen-bond acceptors (Lipinski definition) is 6. The van der Waals surface area contributed by atoms with Gasteiger partial charge in [-0.25, -0.2) is 0 Å². The molecular formula is C27H30N8O2. The lowest BCUT2D eigenvalue weighted by Crippen LogP contribution is -2.49. The number of anilines is 1. The number of amides is 2. The number of aromatic nitrogens is 5. The smallest absolute Gasteiger partial charge is 0.274 e. The average molecular weight is 499 g/mol. The average Bonchev–Trinajstić information content (AvgIpc) is 3.53. The molecule has 2 aromatic heterocycles. The summed E-state index contributed by atoms with van der Waals surface area (Å²) >= 11 is 0. The van der Waals surface area contributed by atoms with E-state index in [1.807, 2.05) is 59.0 Å². The van der Waals surface area contributed by atoms with Gasteiger partial charge in [0.1, 0.15) is 17.6 Å². The van der Waals surface area contributed by atoms with Crippen molar-refractivity contribution in [1.82, 2.24) is 34.6 Å². The summed E-state index contributed by atoms with van der Waals surface area (Å²) in [7, 11) is 0. The Kier molecular flexibility index (Phi) is 6.07. The summed E-state index contributed by atoms with van der Waals surface area (Å²) in [6, 6.07) is 17.9. The summed E-state index contributed by atoms with van der Waals surface area (Å²) < 4.78 is 1.92. The Labute approximate surface area is 215 Å². The van der Waals surface area contributed by atoms with Gasteiger partial charge in [0.05, 0.1) is 0 Å². The lowest BCUT2D eigenvalue weighted by atomic mass is 10.0. The quantitative estimate of drug-likeness (QED) is 0.419. The number of fused-ring (bicyclic) bond motifs is 2. The second-order valence-electron chi connectivity index (χ2n) is 9.49. The number of nitrogens with zero attached hydrogens (tertiary/aromatic N) is 8. The first-order valence-electron chi connectivity index (χ1n) is 12.9. The highest BCUT2D eigenvalue weighted by Crippen LogP contribution is 2.25. The third kappa shape index (κ3) is 4.43. The highest BCUT2D eigenvalue weighted by atomic mass is 16.2. The van der Waals surface area contributed by atoms with Gasteiger partial charge in [-0.2, -0.15) is 20.1 Å². The summed E-state index contributed by atoms with van der Waals surface area (Å²) in [5.74, 6) is -0.115. The van der Waals surface area contributed by atoms with Crippen molar-refractivity contribution in [3.63, 3.8) is 0 Å². The van der Waals surface area contributed by atoms with E-state index < -0.39 is 0 Å². The molecule has 0 radical (unpaired) electrons. The molecule has 4 heterocycles. The molecule has 6 rings (SSSR count). The van der Waals surface area contributed by atoms with Crippen molar-refractivity contribution in [3.8, 4) is 0 Å². The van der Waals surface area contributed by atoms with Crippen LogP contribution in [0.15, 0.2) is 54.6 Å². The van der Waals surface area contributed by atoms with Crippen LogP contribution in [-0.2, 0) is 30.8 Å². The van der Waals surface area contributed by atoms with Crippen LogP contribution in [0.25, 0.3) is 11.0 Å². The van der Waals surface area contributed by atoms with Gasteiger partial charge >= 0.3 is 0 Å². The molecule has 190 valence electrons. The maximum absolute atomic E-state index is 13.6. The Balaban J connectivity index is 1.17. The van der Waals surface area contributed by atoms with E-state index in [1.165, 1.54) is 10.5 Å². The Morgan fingerprint density at radius 1 is 0.811 bits per heavy atom. The molecule has 0 saturated carbocycles. The predicted molar refractivity (Wildman–Crippen MR) is 139 cm³/mol. The number of para-hydroxylation sites is 1. The van der Waals surface area contributed by atoms with Gasteiger partial charge in [0.2, 0.25) is 5.91 Å². The van der Waals surface area contributed by atoms with Crippen molar-refractivity contribution < 1.29 is 9.59 Å². The maximum atomic E-state index is 13.6. The molecule has 37 heavy (non-hydrogen) atoms. The first-order valence-corrected chi connectivity index (χ1v) is 12.9. The molecule has 0 atom stereocenters. The summed E-state index contributed by atoms with van der Waals surface area (Å²) in [5.41, 5.74) is 5.11. The van der Waals surface area contributed by atoms with Gasteiger partial charge in [-0.3, -0.25) is 14.3 Å². The van der Waals surface area contributed by atoms with Crippen LogP contribution < -0.4 is 4.90 Å². The predicted octanol–water partition coefficient (Wildman–Crippen LogP) is 2.19. The molecule has 2 aliphatic heterocycles. The van der Waals surface area contributed by atoms with Crippen LogP contribution in [0.1, 0.15) is 28.7 Å². The molecule has 0 unspecified atom stereocenters. The van der Waals surface area contributed by atoms with E-state index >= 15 is 0 Å². The molecule has 10 nitrogen and oxygen atoms in total. The van der Waals surface area contributed by atoms with Crippen LogP contribution in [0.5, 0.6) is 0 Å². The monoisotopic (exact) mass is 498 g/mol. The van der Waals surface area contributed by atoms with Crippen molar-refractivity contribution in [3.05, 3.63) is 71.5 Å². The van der Waals surface area contributed by atoms with Crippen molar-refractivity contribution in [2.75, 3.05) is 37.6 Å². The van der Waals surface area contributed by atoms with E-state index in [-0.39, 0.29) is 18.4 Å². The van der Waals surface area contributed by atoms with E-state index in [4.69, 9.17) is 5.10 Å². The lowest BCUT2D eigenvalue weighted by Gasteiger charge is -2.36. The molecule has 4 aromatic rings. The molecule has 10 heteroatoms. The van der Waals surface area contributed by atoms with Gasteiger partial charge < -0.3 is 14.7 Å². The summed E-state index contributed by atoms with van der Waals surface area (Å²) in [6.07, 6.45) is 0.672.